The van der Waals surface area contributed by atoms with Crippen LogP contribution in [0.4, 0.5) is 0 Å². The molecule has 2 rings (SSSR count). The lowest BCUT2D eigenvalue weighted by Crippen LogP contribution is -1.92. The molecule has 0 radical (unpaired) electrons. The molecular weight excluding hydrogens is 238 g/mol. The van der Waals surface area contributed by atoms with E-state index in [9.17, 15) is 0 Å². The molecule has 0 aliphatic carbocycles. The second-order valence-electron chi connectivity index (χ2n) is 4.54. The average Bonchev–Trinajstić information content (AvgIpc) is 2.87. The predicted octanol–water partition coefficient (Wildman–Crippen LogP) is 3.16. The standard InChI is InChI=1S/C15H17N3O/c1-10-7-12(14(19-3)8-11(10)2)13-9-17-15(18-13)5-4-6-16/h7-9H,4-5H2,1-3H3,(H,17,18). The van der Waals surface area contributed by atoms with Crippen LogP contribution in [0.15, 0.2) is 18.3 Å². The second-order valence-corrected chi connectivity index (χ2v) is 4.54. The largest absolute Gasteiger partial charge is 0.496 e. The smallest absolute Gasteiger partial charge is 0.128 e. The maximum absolute atomic E-state index is 8.59. The quantitative estimate of drug-likeness (QED) is 0.912. The van der Waals surface area contributed by atoms with Crippen molar-refractivity contribution in [1.82, 2.24) is 9.97 Å². The first-order valence-corrected chi connectivity index (χ1v) is 6.22. The van der Waals surface area contributed by atoms with Crippen molar-refractivity contribution >= 4 is 0 Å². The Morgan fingerprint density at radius 3 is 2.74 bits per heavy atom. The summed E-state index contributed by atoms with van der Waals surface area (Å²) < 4.78 is 5.43. The summed E-state index contributed by atoms with van der Waals surface area (Å²) in [5.74, 6) is 1.66. The number of nitrogens with one attached hydrogen (secondary N) is 1. The maximum atomic E-state index is 8.59. The number of methoxy groups -OCH3 is 1. The van der Waals surface area contributed by atoms with Crippen LogP contribution in [0.3, 0.4) is 0 Å². The van der Waals surface area contributed by atoms with E-state index in [1.165, 1.54) is 11.1 Å². The van der Waals surface area contributed by atoms with Gasteiger partial charge in [0.05, 0.1) is 25.1 Å². The van der Waals surface area contributed by atoms with Gasteiger partial charge in [-0.1, -0.05) is 0 Å². The molecule has 4 heteroatoms. The zero-order valence-corrected chi connectivity index (χ0v) is 11.4. The fraction of sp³-hybridized carbons (Fsp3) is 0.333. The van der Waals surface area contributed by atoms with E-state index >= 15 is 0 Å². The van der Waals surface area contributed by atoms with Crippen LogP contribution in [0.1, 0.15) is 23.4 Å². The van der Waals surface area contributed by atoms with Gasteiger partial charge in [0.2, 0.25) is 0 Å². The van der Waals surface area contributed by atoms with Crippen LogP contribution in [0.2, 0.25) is 0 Å². The second kappa shape index (κ2) is 5.57. The minimum Gasteiger partial charge on any atom is -0.496 e. The van der Waals surface area contributed by atoms with E-state index in [2.05, 4.69) is 36.0 Å². The molecule has 0 amide bonds. The Labute approximate surface area is 113 Å². The van der Waals surface area contributed by atoms with Crippen LogP contribution >= 0.6 is 0 Å². The Balaban J connectivity index is 2.38. The monoisotopic (exact) mass is 255 g/mol. The van der Waals surface area contributed by atoms with Gasteiger partial charge in [0.25, 0.3) is 0 Å². The number of ether oxygens (including phenoxy) is 1. The molecule has 0 saturated heterocycles. The number of benzene rings is 1. The summed E-state index contributed by atoms with van der Waals surface area (Å²) in [6.45, 7) is 4.14. The molecule has 0 aliphatic heterocycles. The number of nitrogens with zero attached hydrogens (tertiary/aromatic N) is 2. The highest BCUT2D eigenvalue weighted by atomic mass is 16.5. The summed E-state index contributed by atoms with van der Waals surface area (Å²) in [6.07, 6.45) is 2.90. The topological polar surface area (TPSA) is 61.7 Å². The minimum atomic E-state index is 0.469. The van der Waals surface area contributed by atoms with Crippen LogP contribution in [-0.2, 0) is 6.42 Å². The highest BCUT2D eigenvalue weighted by molar-refractivity contribution is 5.68. The number of hydrogen-bond acceptors (Lipinski definition) is 3. The molecule has 1 aromatic heterocycles. The normalized spacial score (nSPS) is 10.2. The molecule has 1 aromatic carbocycles. The van der Waals surface area contributed by atoms with Gasteiger partial charge in [0.15, 0.2) is 0 Å². The third kappa shape index (κ3) is 2.76. The van der Waals surface area contributed by atoms with E-state index in [0.29, 0.717) is 12.8 Å². The molecule has 0 spiro atoms. The lowest BCUT2D eigenvalue weighted by Gasteiger charge is -2.10. The van der Waals surface area contributed by atoms with E-state index in [4.69, 9.17) is 10.00 Å². The van der Waals surface area contributed by atoms with Gasteiger partial charge in [0, 0.05) is 18.4 Å². The molecule has 0 aliphatic rings. The van der Waals surface area contributed by atoms with Crippen molar-refractivity contribution in [2.24, 2.45) is 0 Å². The Morgan fingerprint density at radius 2 is 2.05 bits per heavy atom. The van der Waals surface area contributed by atoms with Gasteiger partial charge >= 0.3 is 0 Å². The molecule has 4 nitrogen and oxygen atoms in total. The lowest BCUT2D eigenvalue weighted by molar-refractivity contribution is 0.416. The highest BCUT2D eigenvalue weighted by Crippen LogP contribution is 2.31. The Hall–Kier alpha value is -2.28. The van der Waals surface area contributed by atoms with Crippen molar-refractivity contribution in [1.29, 1.82) is 5.26 Å². The van der Waals surface area contributed by atoms with Crippen LogP contribution in [-0.4, -0.2) is 17.1 Å². The summed E-state index contributed by atoms with van der Waals surface area (Å²) >= 11 is 0. The van der Waals surface area contributed by atoms with Crippen molar-refractivity contribution in [3.05, 3.63) is 35.3 Å². The predicted molar refractivity (Wildman–Crippen MR) is 74.0 cm³/mol. The van der Waals surface area contributed by atoms with Crippen molar-refractivity contribution < 1.29 is 4.74 Å². The molecular formula is C15H17N3O. The molecule has 2 aromatic rings. The fourth-order valence-electron chi connectivity index (χ4n) is 1.97. The van der Waals surface area contributed by atoms with E-state index < -0.39 is 0 Å². The number of aromatic nitrogens is 2. The van der Waals surface area contributed by atoms with Crippen molar-refractivity contribution in [3.8, 4) is 23.1 Å². The first-order chi connectivity index (χ1) is 9.15. The average molecular weight is 255 g/mol. The number of aryl methyl sites for hydroxylation is 3. The van der Waals surface area contributed by atoms with Gasteiger partial charge in [-0.3, -0.25) is 0 Å². The van der Waals surface area contributed by atoms with Gasteiger partial charge in [0.1, 0.15) is 11.6 Å². The number of aromatic amines is 1. The molecule has 1 N–H and O–H groups in total. The van der Waals surface area contributed by atoms with E-state index in [1.54, 1.807) is 13.3 Å². The first-order valence-electron chi connectivity index (χ1n) is 6.22. The number of hydrogen-bond donors (Lipinski definition) is 1. The van der Waals surface area contributed by atoms with Gasteiger partial charge in [-0.05, 0) is 37.1 Å². The third-order valence-corrected chi connectivity index (χ3v) is 3.21. The summed E-state index contributed by atoms with van der Waals surface area (Å²) in [5.41, 5.74) is 4.34. The summed E-state index contributed by atoms with van der Waals surface area (Å²) in [6, 6.07) is 6.24. The number of H-pyrrole nitrogens is 1. The number of nitriles is 1. The summed E-state index contributed by atoms with van der Waals surface area (Å²) in [7, 11) is 1.67. The fourth-order valence-corrected chi connectivity index (χ4v) is 1.97. The third-order valence-electron chi connectivity index (χ3n) is 3.21. The summed E-state index contributed by atoms with van der Waals surface area (Å²) in [5, 5.41) is 8.59. The Morgan fingerprint density at radius 1 is 1.32 bits per heavy atom. The Bertz CT molecular complexity index is 623. The maximum Gasteiger partial charge on any atom is 0.128 e. The lowest BCUT2D eigenvalue weighted by atomic mass is 10.0. The zero-order chi connectivity index (χ0) is 13.8. The van der Waals surface area contributed by atoms with Crippen LogP contribution < -0.4 is 4.74 Å². The molecule has 0 fully saturated rings. The summed E-state index contributed by atoms with van der Waals surface area (Å²) in [4.78, 5) is 7.54. The molecule has 19 heavy (non-hydrogen) atoms. The molecule has 98 valence electrons. The van der Waals surface area contributed by atoms with Crippen molar-refractivity contribution in [2.75, 3.05) is 7.11 Å². The van der Waals surface area contributed by atoms with Gasteiger partial charge in [-0.25, -0.2) is 4.98 Å². The Kier molecular flexibility index (Phi) is 3.86. The number of imidazole rings is 1. The van der Waals surface area contributed by atoms with Crippen LogP contribution in [0.25, 0.3) is 11.3 Å². The minimum absolute atomic E-state index is 0.469. The van der Waals surface area contributed by atoms with Gasteiger partial charge in [-0.2, -0.15) is 5.26 Å². The molecule has 1 heterocycles. The molecule has 0 bridgehead atoms. The van der Waals surface area contributed by atoms with E-state index in [0.717, 1.165) is 22.8 Å². The van der Waals surface area contributed by atoms with Crippen LogP contribution in [0, 0.1) is 25.2 Å². The van der Waals surface area contributed by atoms with Gasteiger partial charge in [-0.15, -0.1) is 0 Å². The van der Waals surface area contributed by atoms with E-state index in [1.807, 2.05) is 6.07 Å². The zero-order valence-electron chi connectivity index (χ0n) is 11.4. The molecule has 0 atom stereocenters. The van der Waals surface area contributed by atoms with E-state index in [-0.39, 0.29) is 0 Å². The van der Waals surface area contributed by atoms with Gasteiger partial charge < -0.3 is 9.72 Å². The van der Waals surface area contributed by atoms with Crippen molar-refractivity contribution in [3.63, 3.8) is 0 Å². The SMILES string of the molecule is COc1cc(C)c(C)cc1-c1cnc(CCC#N)[nH]1. The highest BCUT2D eigenvalue weighted by Gasteiger charge is 2.11. The molecule has 0 saturated carbocycles. The van der Waals surface area contributed by atoms with Crippen molar-refractivity contribution in [2.45, 2.75) is 26.7 Å². The number of rotatable bonds is 4. The first kappa shape index (κ1) is 13.2. The molecule has 0 unspecified atom stereocenters. The van der Waals surface area contributed by atoms with Crippen LogP contribution in [0.5, 0.6) is 5.75 Å².